The molecule has 0 spiro atoms. The van der Waals surface area contributed by atoms with Crippen LogP contribution < -0.4 is 4.90 Å². The SMILES string of the molecule is CC(C)(C)OC(=O)N(Cc1ccccn1)c1ccc(Br)cn1. The smallest absolute Gasteiger partial charge is 0.416 e. The van der Waals surface area contributed by atoms with E-state index in [9.17, 15) is 4.79 Å². The Morgan fingerprint density at radius 2 is 2.00 bits per heavy atom. The molecule has 0 aliphatic carbocycles. The molecule has 5 nitrogen and oxygen atoms in total. The fourth-order valence-electron chi connectivity index (χ4n) is 1.74. The standard InChI is InChI=1S/C16H18BrN3O2/c1-16(2,3)22-15(21)20(11-13-6-4-5-9-18-13)14-8-7-12(17)10-19-14/h4-10H,11H2,1-3H3. The van der Waals surface area contributed by atoms with Crippen LogP contribution in [0, 0.1) is 0 Å². The van der Waals surface area contributed by atoms with Crippen LogP contribution >= 0.6 is 15.9 Å². The molecule has 0 N–H and O–H groups in total. The first-order valence-electron chi connectivity index (χ1n) is 6.87. The van der Waals surface area contributed by atoms with Gasteiger partial charge in [0.2, 0.25) is 0 Å². The summed E-state index contributed by atoms with van der Waals surface area (Å²) < 4.78 is 6.31. The molecule has 0 unspecified atom stereocenters. The maximum absolute atomic E-state index is 12.5. The molecule has 0 bridgehead atoms. The number of ether oxygens (including phenoxy) is 1. The van der Waals surface area contributed by atoms with Gasteiger partial charge >= 0.3 is 6.09 Å². The molecular weight excluding hydrogens is 346 g/mol. The van der Waals surface area contributed by atoms with Gasteiger partial charge in [-0.25, -0.2) is 9.78 Å². The molecule has 2 aromatic rings. The van der Waals surface area contributed by atoms with E-state index >= 15 is 0 Å². The lowest BCUT2D eigenvalue weighted by Gasteiger charge is -2.26. The van der Waals surface area contributed by atoms with Crippen molar-refractivity contribution in [3.8, 4) is 0 Å². The van der Waals surface area contributed by atoms with Crippen molar-refractivity contribution in [1.82, 2.24) is 9.97 Å². The Hall–Kier alpha value is -1.95. The van der Waals surface area contributed by atoms with Crippen LogP contribution in [0.3, 0.4) is 0 Å². The van der Waals surface area contributed by atoms with Gasteiger partial charge in [0.05, 0.1) is 12.2 Å². The number of carbonyl (C=O) groups excluding carboxylic acids is 1. The number of halogens is 1. The van der Waals surface area contributed by atoms with Crippen LogP contribution in [0.2, 0.25) is 0 Å². The number of pyridine rings is 2. The van der Waals surface area contributed by atoms with E-state index in [4.69, 9.17) is 4.74 Å². The summed E-state index contributed by atoms with van der Waals surface area (Å²) in [4.78, 5) is 22.5. The summed E-state index contributed by atoms with van der Waals surface area (Å²) in [5.74, 6) is 0.517. The summed E-state index contributed by atoms with van der Waals surface area (Å²) in [7, 11) is 0. The zero-order chi connectivity index (χ0) is 16.2. The number of nitrogens with zero attached hydrogens (tertiary/aromatic N) is 3. The lowest BCUT2D eigenvalue weighted by atomic mass is 10.2. The Balaban J connectivity index is 2.27. The first kappa shape index (κ1) is 16.4. The number of carbonyl (C=O) groups is 1. The topological polar surface area (TPSA) is 55.3 Å². The second kappa shape index (κ2) is 6.87. The third kappa shape index (κ3) is 4.80. The van der Waals surface area contributed by atoms with Crippen molar-refractivity contribution < 1.29 is 9.53 Å². The number of anilines is 1. The fraction of sp³-hybridized carbons (Fsp3) is 0.312. The predicted octanol–water partition coefficient (Wildman–Crippen LogP) is 4.18. The Kier molecular flexibility index (Phi) is 5.13. The Bertz CT molecular complexity index is 624. The van der Waals surface area contributed by atoms with E-state index < -0.39 is 11.7 Å². The zero-order valence-electron chi connectivity index (χ0n) is 12.8. The van der Waals surface area contributed by atoms with Crippen LogP contribution in [-0.4, -0.2) is 21.7 Å². The highest BCUT2D eigenvalue weighted by molar-refractivity contribution is 9.10. The third-order valence-electron chi connectivity index (χ3n) is 2.65. The molecule has 0 saturated heterocycles. The van der Waals surface area contributed by atoms with E-state index in [0.717, 1.165) is 10.2 Å². The van der Waals surface area contributed by atoms with Gasteiger partial charge in [0.25, 0.3) is 0 Å². The molecule has 0 radical (unpaired) electrons. The first-order chi connectivity index (χ1) is 10.3. The van der Waals surface area contributed by atoms with Gasteiger partial charge in [0.1, 0.15) is 11.4 Å². The van der Waals surface area contributed by atoms with E-state index in [1.54, 1.807) is 18.5 Å². The van der Waals surface area contributed by atoms with Gasteiger partial charge < -0.3 is 4.74 Å². The molecule has 1 amide bonds. The number of rotatable bonds is 3. The van der Waals surface area contributed by atoms with E-state index in [-0.39, 0.29) is 0 Å². The van der Waals surface area contributed by atoms with Crippen LogP contribution in [0.5, 0.6) is 0 Å². The molecule has 0 saturated carbocycles. The Morgan fingerprint density at radius 3 is 2.55 bits per heavy atom. The maximum Gasteiger partial charge on any atom is 0.416 e. The molecular formula is C16H18BrN3O2. The van der Waals surface area contributed by atoms with Crippen molar-refractivity contribution in [3.05, 3.63) is 52.9 Å². The van der Waals surface area contributed by atoms with E-state index in [2.05, 4.69) is 25.9 Å². The van der Waals surface area contributed by atoms with E-state index in [1.165, 1.54) is 4.90 Å². The van der Waals surface area contributed by atoms with Crippen molar-refractivity contribution in [2.24, 2.45) is 0 Å². The molecule has 0 fully saturated rings. The average molecular weight is 364 g/mol. The molecule has 2 rings (SSSR count). The summed E-state index contributed by atoms with van der Waals surface area (Å²) in [5.41, 5.74) is 0.188. The summed E-state index contributed by atoms with van der Waals surface area (Å²) in [6.07, 6.45) is 2.89. The third-order valence-corrected chi connectivity index (χ3v) is 3.12. The molecule has 116 valence electrons. The largest absolute Gasteiger partial charge is 0.443 e. The second-order valence-corrected chi connectivity index (χ2v) is 6.64. The number of hydrogen-bond donors (Lipinski definition) is 0. The normalized spacial score (nSPS) is 11.1. The van der Waals surface area contributed by atoms with Gasteiger partial charge in [-0.2, -0.15) is 0 Å². The monoisotopic (exact) mass is 363 g/mol. The molecule has 22 heavy (non-hydrogen) atoms. The minimum Gasteiger partial charge on any atom is -0.443 e. The van der Waals surface area contributed by atoms with Crippen molar-refractivity contribution >= 4 is 27.8 Å². The fourth-order valence-corrected chi connectivity index (χ4v) is 1.97. The second-order valence-electron chi connectivity index (χ2n) is 5.72. The summed E-state index contributed by atoms with van der Waals surface area (Å²) in [6, 6.07) is 9.16. The Morgan fingerprint density at radius 1 is 1.23 bits per heavy atom. The quantitative estimate of drug-likeness (QED) is 0.820. The molecule has 0 aliphatic heterocycles. The summed E-state index contributed by atoms with van der Waals surface area (Å²) in [5, 5.41) is 0. The average Bonchev–Trinajstić information content (AvgIpc) is 2.45. The van der Waals surface area contributed by atoms with E-state index in [1.807, 2.05) is 45.0 Å². The van der Waals surface area contributed by atoms with Gasteiger partial charge in [-0.1, -0.05) is 6.07 Å². The van der Waals surface area contributed by atoms with Gasteiger partial charge in [-0.15, -0.1) is 0 Å². The highest BCUT2D eigenvalue weighted by Gasteiger charge is 2.24. The van der Waals surface area contributed by atoms with Gasteiger partial charge in [-0.05, 0) is 61.0 Å². The lowest BCUT2D eigenvalue weighted by molar-refractivity contribution is 0.0576. The number of hydrogen-bond acceptors (Lipinski definition) is 4. The van der Waals surface area contributed by atoms with Gasteiger partial charge in [0.15, 0.2) is 0 Å². The highest BCUT2D eigenvalue weighted by Crippen LogP contribution is 2.20. The van der Waals surface area contributed by atoms with Crippen molar-refractivity contribution in [1.29, 1.82) is 0 Å². The summed E-state index contributed by atoms with van der Waals surface area (Å²) >= 11 is 3.34. The molecule has 2 aromatic heterocycles. The van der Waals surface area contributed by atoms with Crippen molar-refractivity contribution in [2.75, 3.05) is 4.90 Å². The van der Waals surface area contributed by atoms with Crippen LogP contribution in [0.1, 0.15) is 26.5 Å². The highest BCUT2D eigenvalue weighted by atomic mass is 79.9. The minimum atomic E-state index is -0.575. The molecule has 0 aromatic carbocycles. The summed E-state index contributed by atoms with van der Waals surface area (Å²) in [6.45, 7) is 5.79. The van der Waals surface area contributed by atoms with Crippen LogP contribution in [0.4, 0.5) is 10.6 Å². The van der Waals surface area contributed by atoms with Gasteiger partial charge in [-0.3, -0.25) is 9.88 Å². The van der Waals surface area contributed by atoms with Crippen LogP contribution in [0.25, 0.3) is 0 Å². The van der Waals surface area contributed by atoms with Gasteiger partial charge in [0, 0.05) is 16.9 Å². The molecule has 0 aliphatic rings. The van der Waals surface area contributed by atoms with Crippen molar-refractivity contribution in [3.63, 3.8) is 0 Å². The molecule has 2 heterocycles. The molecule has 6 heteroatoms. The van der Waals surface area contributed by atoms with Crippen LogP contribution in [0.15, 0.2) is 47.2 Å². The first-order valence-corrected chi connectivity index (χ1v) is 7.66. The lowest BCUT2D eigenvalue weighted by Crippen LogP contribution is -2.37. The zero-order valence-corrected chi connectivity index (χ0v) is 14.4. The predicted molar refractivity (Wildman–Crippen MR) is 88.6 cm³/mol. The minimum absolute atomic E-state index is 0.296. The van der Waals surface area contributed by atoms with Crippen LogP contribution in [-0.2, 0) is 11.3 Å². The molecule has 0 atom stereocenters. The van der Waals surface area contributed by atoms with E-state index in [0.29, 0.717) is 12.4 Å². The number of aromatic nitrogens is 2. The van der Waals surface area contributed by atoms with Crippen molar-refractivity contribution in [2.45, 2.75) is 32.9 Å². The maximum atomic E-state index is 12.5. The number of amides is 1. The Labute approximate surface area is 138 Å².